The van der Waals surface area contributed by atoms with Crippen molar-refractivity contribution in [3.63, 3.8) is 0 Å². The van der Waals surface area contributed by atoms with Gasteiger partial charge in [0.25, 0.3) is 0 Å². The lowest BCUT2D eigenvalue weighted by Gasteiger charge is -2.55. The van der Waals surface area contributed by atoms with Crippen LogP contribution in [0.5, 0.6) is 0 Å². The summed E-state index contributed by atoms with van der Waals surface area (Å²) in [6, 6.07) is 0.150. The number of hydrogen-bond donors (Lipinski definition) is 1. The maximum atomic E-state index is 12.9. The van der Waals surface area contributed by atoms with Crippen LogP contribution in [0.3, 0.4) is 0 Å². The molecule has 4 bridgehead atoms. The summed E-state index contributed by atoms with van der Waals surface area (Å²) in [4.78, 5) is 12.9. The number of amides is 1. The highest BCUT2D eigenvalue weighted by Crippen LogP contribution is 2.60. The molecule has 2 nitrogen and oxygen atoms in total. The number of carbonyl (C=O) groups excluding carboxylic acids is 1. The lowest BCUT2D eigenvalue weighted by molar-refractivity contribution is -0.147. The molecule has 4 saturated carbocycles. The molecule has 0 aromatic carbocycles. The van der Waals surface area contributed by atoms with E-state index in [4.69, 9.17) is 11.6 Å². The van der Waals surface area contributed by atoms with Gasteiger partial charge in [0.05, 0.1) is 0 Å². The predicted molar refractivity (Wildman–Crippen MR) is 82.7 cm³/mol. The highest BCUT2D eigenvalue weighted by Gasteiger charge is 2.54. The molecule has 3 heteroatoms. The van der Waals surface area contributed by atoms with E-state index in [2.05, 4.69) is 19.2 Å². The number of alkyl halides is 1. The SMILES string of the molecule is CC(C)CC(CCl)NC(=O)C12CC3CC(CC(C3)C1)C2. The van der Waals surface area contributed by atoms with Gasteiger partial charge < -0.3 is 5.32 Å². The zero-order valence-electron chi connectivity index (χ0n) is 12.8. The van der Waals surface area contributed by atoms with E-state index in [0.717, 1.165) is 43.4 Å². The minimum atomic E-state index is -0.0317. The fourth-order valence-corrected chi connectivity index (χ4v) is 5.66. The van der Waals surface area contributed by atoms with Crippen molar-refractivity contribution < 1.29 is 4.79 Å². The zero-order valence-corrected chi connectivity index (χ0v) is 13.6. The molecule has 4 aliphatic rings. The number of hydrogen-bond acceptors (Lipinski definition) is 1. The van der Waals surface area contributed by atoms with Crippen molar-refractivity contribution in [1.82, 2.24) is 5.32 Å². The third-order valence-corrected chi connectivity index (χ3v) is 6.17. The largest absolute Gasteiger partial charge is 0.352 e. The summed E-state index contributed by atoms with van der Waals surface area (Å²) >= 11 is 6.05. The first-order valence-corrected chi connectivity index (χ1v) is 8.91. The Morgan fingerprint density at radius 2 is 1.65 bits per heavy atom. The summed E-state index contributed by atoms with van der Waals surface area (Å²) in [6.45, 7) is 4.38. The van der Waals surface area contributed by atoms with Crippen LogP contribution in [0.2, 0.25) is 0 Å². The van der Waals surface area contributed by atoms with Crippen LogP contribution in [0, 0.1) is 29.1 Å². The third kappa shape index (κ3) is 2.73. The van der Waals surface area contributed by atoms with Crippen LogP contribution in [0.15, 0.2) is 0 Å². The zero-order chi connectivity index (χ0) is 14.3. The Morgan fingerprint density at radius 1 is 1.15 bits per heavy atom. The molecule has 1 amide bonds. The summed E-state index contributed by atoms with van der Waals surface area (Å²) in [5.41, 5.74) is -0.0317. The van der Waals surface area contributed by atoms with E-state index in [-0.39, 0.29) is 11.5 Å². The topological polar surface area (TPSA) is 29.1 Å². The fourth-order valence-electron chi connectivity index (χ4n) is 5.46. The van der Waals surface area contributed by atoms with Crippen LogP contribution in [-0.2, 0) is 4.79 Å². The lowest BCUT2D eigenvalue weighted by atomic mass is 9.49. The molecule has 114 valence electrons. The Kier molecular flexibility index (Phi) is 4.05. The molecular weight excluding hydrogens is 270 g/mol. The first kappa shape index (κ1) is 14.7. The molecule has 0 spiro atoms. The van der Waals surface area contributed by atoms with E-state index >= 15 is 0 Å². The third-order valence-electron chi connectivity index (χ3n) is 5.80. The Balaban J connectivity index is 1.67. The van der Waals surface area contributed by atoms with E-state index < -0.39 is 0 Å². The van der Waals surface area contributed by atoms with Crippen LogP contribution in [0.1, 0.15) is 58.8 Å². The van der Waals surface area contributed by atoms with Gasteiger partial charge in [0.15, 0.2) is 0 Å². The molecule has 1 unspecified atom stereocenters. The second-order valence-electron chi connectivity index (χ2n) is 8.15. The van der Waals surface area contributed by atoms with Crippen LogP contribution in [-0.4, -0.2) is 17.8 Å². The highest BCUT2D eigenvalue weighted by molar-refractivity contribution is 6.18. The van der Waals surface area contributed by atoms with Crippen molar-refractivity contribution in [3.05, 3.63) is 0 Å². The van der Waals surface area contributed by atoms with Gasteiger partial charge in [-0.15, -0.1) is 11.6 Å². The van der Waals surface area contributed by atoms with E-state index in [1.807, 2.05) is 0 Å². The van der Waals surface area contributed by atoms with Gasteiger partial charge in [-0.25, -0.2) is 0 Å². The quantitative estimate of drug-likeness (QED) is 0.764. The first-order chi connectivity index (χ1) is 9.50. The van der Waals surface area contributed by atoms with Crippen LogP contribution >= 0.6 is 11.6 Å². The number of nitrogens with one attached hydrogen (secondary N) is 1. The average molecular weight is 298 g/mol. The van der Waals surface area contributed by atoms with Gasteiger partial charge >= 0.3 is 0 Å². The van der Waals surface area contributed by atoms with E-state index in [9.17, 15) is 4.79 Å². The molecule has 0 heterocycles. The Bertz CT molecular complexity index is 344. The molecule has 0 radical (unpaired) electrons. The second-order valence-corrected chi connectivity index (χ2v) is 8.46. The predicted octanol–water partition coefficient (Wildman–Crippen LogP) is 3.97. The van der Waals surface area contributed by atoms with Crippen LogP contribution in [0.25, 0.3) is 0 Å². The smallest absolute Gasteiger partial charge is 0.226 e. The molecule has 1 N–H and O–H groups in total. The van der Waals surface area contributed by atoms with Crippen molar-refractivity contribution in [2.75, 3.05) is 5.88 Å². The Hall–Kier alpha value is -0.240. The normalized spacial score (nSPS) is 40.1. The average Bonchev–Trinajstić information content (AvgIpc) is 2.35. The first-order valence-electron chi connectivity index (χ1n) is 8.37. The van der Waals surface area contributed by atoms with Gasteiger partial charge in [-0.1, -0.05) is 13.8 Å². The molecule has 4 rings (SSSR count). The van der Waals surface area contributed by atoms with Crippen LogP contribution < -0.4 is 5.32 Å². The molecule has 0 aromatic rings. The molecule has 20 heavy (non-hydrogen) atoms. The monoisotopic (exact) mass is 297 g/mol. The minimum absolute atomic E-state index is 0.0317. The molecule has 0 saturated heterocycles. The number of halogens is 1. The van der Waals surface area contributed by atoms with Gasteiger partial charge in [0.2, 0.25) is 5.91 Å². The molecule has 0 aliphatic heterocycles. The summed E-state index contributed by atoms with van der Waals surface area (Å²) in [5, 5.41) is 3.28. The van der Waals surface area contributed by atoms with Crippen molar-refractivity contribution in [2.24, 2.45) is 29.1 Å². The van der Waals surface area contributed by atoms with Gasteiger partial charge in [-0.05, 0) is 68.6 Å². The molecule has 4 fully saturated rings. The molecular formula is C17H28ClNO. The summed E-state index contributed by atoms with van der Waals surface area (Å²) in [5.74, 6) is 3.92. The Morgan fingerprint density at radius 3 is 2.05 bits per heavy atom. The minimum Gasteiger partial charge on any atom is -0.352 e. The lowest BCUT2D eigenvalue weighted by Crippen LogP contribution is -2.55. The van der Waals surface area contributed by atoms with Crippen molar-refractivity contribution in [3.8, 4) is 0 Å². The molecule has 1 atom stereocenters. The van der Waals surface area contributed by atoms with Gasteiger partial charge in [0.1, 0.15) is 0 Å². The number of carbonyl (C=O) groups is 1. The van der Waals surface area contributed by atoms with E-state index in [1.165, 1.54) is 19.3 Å². The van der Waals surface area contributed by atoms with Gasteiger partial charge in [-0.3, -0.25) is 4.79 Å². The summed E-state index contributed by atoms with van der Waals surface area (Å²) in [6.07, 6.45) is 8.57. The molecule has 4 aliphatic carbocycles. The number of rotatable bonds is 5. The fraction of sp³-hybridized carbons (Fsp3) is 0.941. The van der Waals surface area contributed by atoms with Crippen molar-refractivity contribution >= 4 is 17.5 Å². The maximum Gasteiger partial charge on any atom is 0.226 e. The van der Waals surface area contributed by atoms with Crippen LogP contribution in [0.4, 0.5) is 0 Å². The molecule has 0 aromatic heterocycles. The van der Waals surface area contributed by atoms with E-state index in [1.54, 1.807) is 0 Å². The van der Waals surface area contributed by atoms with Gasteiger partial charge in [0, 0.05) is 17.3 Å². The van der Waals surface area contributed by atoms with Gasteiger partial charge in [-0.2, -0.15) is 0 Å². The standard InChI is InChI=1S/C17H28ClNO/c1-11(2)3-15(10-18)19-16(20)17-7-12-4-13(8-17)6-14(5-12)9-17/h11-15H,3-10H2,1-2H3,(H,19,20). The van der Waals surface area contributed by atoms with E-state index in [0.29, 0.717) is 17.7 Å². The van der Waals surface area contributed by atoms with Crippen molar-refractivity contribution in [2.45, 2.75) is 64.8 Å². The van der Waals surface area contributed by atoms with Crippen molar-refractivity contribution in [1.29, 1.82) is 0 Å². The summed E-state index contributed by atoms with van der Waals surface area (Å²) < 4.78 is 0. The summed E-state index contributed by atoms with van der Waals surface area (Å²) in [7, 11) is 0. The second kappa shape index (κ2) is 5.51. The highest BCUT2D eigenvalue weighted by atomic mass is 35.5. The Labute approximate surface area is 128 Å². The maximum absolute atomic E-state index is 12.9.